The number of hydrogen-bond donors (Lipinski definition) is 12. The number of amides is 6. The minimum absolute atomic E-state index is 0.117. The third-order valence-electron chi connectivity index (χ3n) is 9.00. The van der Waals surface area contributed by atoms with E-state index in [2.05, 4.69) is 41.9 Å². The minimum Gasteiger partial charge on any atom is -0.481 e. The number of benzene rings is 2. The molecule has 6 amide bonds. The number of nitrogens with two attached hydrogens (primary N) is 1. The van der Waals surface area contributed by atoms with E-state index in [1.54, 1.807) is 60.7 Å². The number of imidazole rings is 1. The summed E-state index contributed by atoms with van der Waals surface area (Å²) in [5.74, 6) is -10.5. The molecule has 2 aromatic carbocycles. The third-order valence-corrected chi connectivity index (χ3v) is 9.00. The quantitative estimate of drug-likeness (QED) is 0.0407. The molecule has 61 heavy (non-hydrogen) atoms. The number of aliphatic carboxylic acids is 3. The van der Waals surface area contributed by atoms with E-state index in [-0.39, 0.29) is 19.3 Å². The Labute approximate surface area is 348 Å². The summed E-state index contributed by atoms with van der Waals surface area (Å²) in [7, 11) is 0. The molecule has 7 atom stereocenters. The second-order valence-corrected chi connectivity index (χ2v) is 13.9. The maximum atomic E-state index is 13.8. The second kappa shape index (κ2) is 24.0. The van der Waals surface area contributed by atoms with Crippen molar-refractivity contribution < 1.29 is 63.6 Å². The van der Waals surface area contributed by atoms with Gasteiger partial charge in [-0.1, -0.05) is 60.7 Å². The van der Waals surface area contributed by atoms with Crippen molar-refractivity contribution in [1.29, 1.82) is 0 Å². The Morgan fingerprint density at radius 2 is 1.08 bits per heavy atom. The Hall–Kier alpha value is -7.20. The van der Waals surface area contributed by atoms with Gasteiger partial charge in [-0.05, 0) is 30.9 Å². The Kier molecular flexibility index (Phi) is 19.0. The lowest BCUT2D eigenvalue weighted by atomic mass is 10.0. The lowest BCUT2D eigenvalue weighted by Gasteiger charge is -2.27. The standard InChI is InChI=1S/C39H49N9O13/c1-21(39(60)61)43-34(55)26(12-13-31(50)51)44-38(59)30(19-49)48-35(56)27(15-23-10-6-3-7-11-23)46-37(58)29(17-32(52)53)47-36(57)28(16-24-18-41-20-42-24)45-33(54)25(40)14-22-8-4-2-5-9-22/h2-11,18,20-21,25-30,49H,12-17,19,40H2,1H3,(H,41,42)(H,43,55)(H,44,59)(H,45,54)(H,46,58)(H,47,57)(H,48,56)(H,50,51)(H,52,53)(H,60,61)/t21-,25-,26-,27-,28-,29-,30-/m0/s1. The molecule has 22 heteroatoms. The molecule has 0 saturated heterocycles. The number of carboxylic acid groups (broad SMARTS) is 3. The number of carbonyl (C=O) groups is 9. The molecule has 0 aliphatic carbocycles. The summed E-state index contributed by atoms with van der Waals surface area (Å²) in [5, 5.41) is 51.9. The molecule has 0 aliphatic heterocycles. The van der Waals surface area contributed by atoms with Gasteiger partial charge in [0.05, 0.1) is 25.4 Å². The summed E-state index contributed by atoms with van der Waals surface area (Å²) in [4.78, 5) is 122. The fourth-order valence-electron chi connectivity index (χ4n) is 5.70. The lowest BCUT2D eigenvalue weighted by molar-refractivity contribution is -0.142. The molecule has 3 aromatic rings. The van der Waals surface area contributed by atoms with E-state index in [1.807, 2.05) is 0 Å². The molecule has 328 valence electrons. The SMILES string of the molecule is C[C@H](NC(=O)[C@H](CCC(=O)O)NC(=O)[C@H](CO)NC(=O)[C@H](Cc1ccccc1)NC(=O)[C@H](CC(=O)O)NC(=O)[C@H](Cc1cnc[nH]1)NC(=O)[C@@H](N)Cc1ccccc1)C(=O)O. The topological polar surface area (TPSA) is 361 Å². The molecule has 0 fully saturated rings. The fourth-order valence-corrected chi connectivity index (χ4v) is 5.70. The van der Waals surface area contributed by atoms with E-state index in [1.165, 1.54) is 12.5 Å². The van der Waals surface area contributed by atoms with Gasteiger partial charge in [0, 0.05) is 31.2 Å². The highest BCUT2D eigenvalue weighted by Crippen LogP contribution is 2.09. The fraction of sp³-hybridized carbons (Fsp3) is 0.385. The van der Waals surface area contributed by atoms with Crippen LogP contribution < -0.4 is 37.6 Å². The van der Waals surface area contributed by atoms with Gasteiger partial charge in [0.1, 0.15) is 36.3 Å². The van der Waals surface area contributed by atoms with Crippen molar-refractivity contribution in [2.75, 3.05) is 6.61 Å². The molecule has 0 aliphatic rings. The normalized spacial score (nSPS) is 14.3. The number of nitrogens with one attached hydrogen (secondary N) is 7. The predicted molar refractivity (Wildman–Crippen MR) is 212 cm³/mol. The van der Waals surface area contributed by atoms with Crippen LogP contribution in [0.15, 0.2) is 73.2 Å². The number of aromatic amines is 1. The zero-order valence-corrected chi connectivity index (χ0v) is 32.9. The first-order valence-electron chi connectivity index (χ1n) is 18.9. The second-order valence-electron chi connectivity index (χ2n) is 13.9. The molecule has 0 bridgehead atoms. The average Bonchev–Trinajstić information content (AvgIpc) is 3.74. The highest BCUT2D eigenvalue weighted by atomic mass is 16.4. The molecule has 0 unspecified atom stereocenters. The maximum Gasteiger partial charge on any atom is 0.325 e. The van der Waals surface area contributed by atoms with Gasteiger partial charge in [-0.15, -0.1) is 0 Å². The summed E-state index contributed by atoms with van der Waals surface area (Å²) in [6.07, 6.45) is 0.264. The zero-order valence-electron chi connectivity index (χ0n) is 32.9. The van der Waals surface area contributed by atoms with Crippen LogP contribution in [0.4, 0.5) is 0 Å². The molecule has 13 N–H and O–H groups in total. The Morgan fingerprint density at radius 3 is 1.61 bits per heavy atom. The van der Waals surface area contributed by atoms with Crippen molar-refractivity contribution >= 4 is 53.4 Å². The zero-order chi connectivity index (χ0) is 45.1. The van der Waals surface area contributed by atoms with Gasteiger partial charge < -0.3 is 63.0 Å². The van der Waals surface area contributed by atoms with Crippen LogP contribution in [0.2, 0.25) is 0 Å². The highest BCUT2D eigenvalue weighted by Gasteiger charge is 2.34. The first-order chi connectivity index (χ1) is 29.0. The monoisotopic (exact) mass is 851 g/mol. The molecular weight excluding hydrogens is 802 g/mol. The summed E-state index contributed by atoms with van der Waals surface area (Å²) in [6.45, 7) is 0.0562. The van der Waals surface area contributed by atoms with Crippen molar-refractivity contribution in [2.45, 2.75) is 87.7 Å². The van der Waals surface area contributed by atoms with Crippen molar-refractivity contribution in [1.82, 2.24) is 41.9 Å². The maximum absolute atomic E-state index is 13.8. The molecule has 22 nitrogen and oxygen atoms in total. The van der Waals surface area contributed by atoms with Gasteiger partial charge in [-0.3, -0.25) is 43.2 Å². The van der Waals surface area contributed by atoms with Crippen molar-refractivity contribution in [3.05, 3.63) is 90.0 Å². The highest BCUT2D eigenvalue weighted by molar-refractivity contribution is 5.98. The van der Waals surface area contributed by atoms with Crippen LogP contribution in [0.3, 0.4) is 0 Å². The summed E-state index contributed by atoms with van der Waals surface area (Å²) < 4.78 is 0. The smallest absolute Gasteiger partial charge is 0.325 e. The Bertz CT molecular complexity index is 1980. The van der Waals surface area contributed by atoms with Gasteiger partial charge in [0.15, 0.2) is 0 Å². The van der Waals surface area contributed by atoms with E-state index in [4.69, 9.17) is 15.9 Å². The summed E-state index contributed by atoms with van der Waals surface area (Å²) >= 11 is 0. The predicted octanol–water partition coefficient (Wildman–Crippen LogP) is -2.89. The van der Waals surface area contributed by atoms with E-state index < -0.39 is 122 Å². The third kappa shape index (κ3) is 16.5. The number of H-pyrrole nitrogens is 1. The number of aromatic nitrogens is 2. The number of aliphatic hydroxyl groups is 1. The van der Waals surface area contributed by atoms with Gasteiger partial charge in [-0.25, -0.2) is 4.98 Å². The average molecular weight is 852 g/mol. The van der Waals surface area contributed by atoms with Crippen molar-refractivity contribution in [3.63, 3.8) is 0 Å². The number of aliphatic hydroxyl groups excluding tert-OH is 1. The summed E-state index contributed by atoms with van der Waals surface area (Å²) in [6, 6.07) is 6.13. The van der Waals surface area contributed by atoms with Crippen LogP contribution in [0.25, 0.3) is 0 Å². The number of nitrogens with zero attached hydrogens (tertiary/aromatic N) is 1. The first-order valence-corrected chi connectivity index (χ1v) is 18.9. The van der Waals surface area contributed by atoms with Gasteiger partial charge in [-0.2, -0.15) is 0 Å². The Balaban J connectivity index is 1.83. The largest absolute Gasteiger partial charge is 0.481 e. The van der Waals surface area contributed by atoms with Crippen LogP contribution in [-0.2, 0) is 62.4 Å². The van der Waals surface area contributed by atoms with Crippen LogP contribution in [0, 0.1) is 0 Å². The molecule has 1 aromatic heterocycles. The van der Waals surface area contributed by atoms with E-state index in [0.717, 1.165) is 12.5 Å². The molecule has 0 spiro atoms. The van der Waals surface area contributed by atoms with Crippen molar-refractivity contribution in [3.8, 4) is 0 Å². The number of carboxylic acids is 3. The lowest BCUT2D eigenvalue weighted by Crippen LogP contribution is -2.61. The molecule has 0 radical (unpaired) electrons. The van der Waals surface area contributed by atoms with Crippen molar-refractivity contribution in [2.24, 2.45) is 5.73 Å². The molecular formula is C39H49N9O13. The Morgan fingerprint density at radius 1 is 0.607 bits per heavy atom. The van der Waals surface area contributed by atoms with Gasteiger partial charge in [0.2, 0.25) is 35.4 Å². The first kappa shape index (κ1) is 48.2. The number of carbonyl (C=O) groups excluding carboxylic acids is 6. The van der Waals surface area contributed by atoms with Gasteiger partial charge >= 0.3 is 17.9 Å². The molecule has 0 saturated carbocycles. The number of hydrogen-bond acceptors (Lipinski definition) is 12. The summed E-state index contributed by atoms with van der Waals surface area (Å²) in [5.41, 5.74) is 7.75. The minimum atomic E-state index is -1.84. The van der Waals surface area contributed by atoms with Crippen LogP contribution in [0.1, 0.15) is 43.0 Å². The van der Waals surface area contributed by atoms with Crippen LogP contribution in [0.5, 0.6) is 0 Å². The van der Waals surface area contributed by atoms with E-state index in [0.29, 0.717) is 11.3 Å². The number of rotatable bonds is 25. The van der Waals surface area contributed by atoms with Gasteiger partial charge in [0.25, 0.3) is 0 Å². The molecule has 1 heterocycles. The van der Waals surface area contributed by atoms with E-state index >= 15 is 0 Å². The van der Waals surface area contributed by atoms with E-state index in [9.17, 15) is 53.4 Å². The van der Waals surface area contributed by atoms with Crippen LogP contribution in [-0.4, -0.2) is 133 Å². The molecule has 3 rings (SSSR count). The van der Waals surface area contributed by atoms with Crippen LogP contribution >= 0.6 is 0 Å².